The Hall–Kier alpha value is -3.07. The van der Waals surface area contributed by atoms with Gasteiger partial charge in [-0.3, -0.25) is 4.79 Å². The second-order valence-electron chi connectivity index (χ2n) is 6.47. The van der Waals surface area contributed by atoms with Crippen LogP contribution in [0.15, 0.2) is 18.7 Å². The van der Waals surface area contributed by atoms with Gasteiger partial charge in [-0.25, -0.2) is 19.4 Å². The van der Waals surface area contributed by atoms with Gasteiger partial charge in [0.1, 0.15) is 0 Å². The molecule has 0 saturated heterocycles. The van der Waals surface area contributed by atoms with Gasteiger partial charge in [-0.2, -0.15) is 5.10 Å². The Morgan fingerprint density at radius 3 is 2.50 bits per heavy atom. The van der Waals surface area contributed by atoms with Gasteiger partial charge in [0.25, 0.3) is 5.95 Å². The van der Waals surface area contributed by atoms with Crippen LogP contribution < -0.4 is 5.32 Å². The summed E-state index contributed by atoms with van der Waals surface area (Å²) in [4.78, 5) is 32.5. The molecule has 1 amide bonds. The standard InChI is InChI=1S/C19H25N5O4/c1-6-7-28-10-16(18(26)27)22-17(25)9-15-13(4)23-24(14(15)5)19-20-11(2)8-12(3)21-19/h6,8,16H,1,7,9-10H2,2-5H3,(H,22,25)(H,26,27). The summed E-state index contributed by atoms with van der Waals surface area (Å²) in [7, 11) is 0. The van der Waals surface area contributed by atoms with Crippen molar-refractivity contribution in [2.45, 2.75) is 40.2 Å². The van der Waals surface area contributed by atoms with Gasteiger partial charge >= 0.3 is 5.97 Å². The molecule has 150 valence electrons. The van der Waals surface area contributed by atoms with Gasteiger partial charge in [-0.05, 0) is 33.8 Å². The predicted molar refractivity (Wildman–Crippen MR) is 102 cm³/mol. The summed E-state index contributed by atoms with van der Waals surface area (Å²) < 4.78 is 6.74. The first kappa shape index (κ1) is 21.2. The van der Waals surface area contributed by atoms with Crippen molar-refractivity contribution in [1.29, 1.82) is 0 Å². The van der Waals surface area contributed by atoms with E-state index in [9.17, 15) is 14.7 Å². The van der Waals surface area contributed by atoms with Crippen LogP contribution in [0.1, 0.15) is 28.3 Å². The summed E-state index contributed by atoms with van der Waals surface area (Å²) in [5.41, 5.74) is 3.73. The molecule has 0 aliphatic heterocycles. The fraction of sp³-hybridized carbons (Fsp3) is 0.421. The SMILES string of the molecule is C=CCOCC(NC(=O)Cc1c(C)nn(-c2nc(C)cc(C)n2)c1C)C(=O)O. The van der Waals surface area contributed by atoms with Crippen LogP contribution in [0.5, 0.6) is 0 Å². The van der Waals surface area contributed by atoms with E-state index in [4.69, 9.17) is 4.74 Å². The van der Waals surface area contributed by atoms with Gasteiger partial charge in [0.15, 0.2) is 6.04 Å². The van der Waals surface area contributed by atoms with Crippen LogP contribution in [-0.2, 0) is 20.7 Å². The third-order valence-electron chi connectivity index (χ3n) is 4.09. The highest BCUT2D eigenvalue weighted by molar-refractivity contribution is 5.85. The molecule has 0 aliphatic rings. The van der Waals surface area contributed by atoms with Crippen LogP contribution in [0.4, 0.5) is 0 Å². The normalized spacial score (nSPS) is 11.9. The molecule has 0 aliphatic carbocycles. The zero-order valence-electron chi connectivity index (χ0n) is 16.5. The first-order valence-electron chi connectivity index (χ1n) is 8.81. The number of ether oxygens (including phenoxy) is 1. The summed E-state index contributed by atoms with van der Waals surface area (Å²) in [6.07, 6.45) is 1.50. The molecule has 2 rings (SSSR count). The number of aryl methyl sites for hydroxylation is 3. The Labute approximate surface area is 163 Å². The molecule has 0 radical (unpaired) electrons. The molecule has 1 atom stereocenters. The fourth-order valence-electron chi connectivity index (χ4n) is 2.78. The van der Waals surface area contributed by atoms with Crippen LogP contribution in [0.2, 0.25) is 0 Å². The Kier molecular flexibility index (Phi) is 7.00. The van der Waals surface area contributed by atoms with E-state index in [2.05, 4.69) is 27.0 Å². The van der Waals surface area contributed by atoms with E-state index in [1.165, 1.54) is 6.08 Å². The number of carboxylic acids is 1. The quantitative estimate of drug-likeness (QED) is 0.490. The number of carbonyl (C=O) groups is 2. The van der Waals surface area contributed by atoms with Crippen LogP contribution in [0.25, 0.3) is 5.95 Å². The lowest BCUT2D eigenvalue weighted by molar-refractivity contribution is -0.143. The number of amides is 1. The molecule has 0 saturated carbocycles. The number of rotatable bonds is 9. The highest BCUT2D eigenvalue weighted by Crippen LogP contribution is 2.17. The fourth-order valence-corrected chi connectivity index (χ4v) is 2.78. The van der Waals surface area contributed by atoms with Crippen LogP contribution in [-0.4, -0.2) is 56.0 Å². The number of aromatic nitrogens is 4. The summed E-state index contributed by atoms with van der Waals surface area (Å²) >= 11 is 0. The monoisotopic (exact) mass is 387 g/mol. The van der Waals surface area contributed by atoms with Gasteiger partial charge in [0, 0.05) is 22.6 Å². The van der Waals surface area contributed by atoms with Crippen LogP contribution in [0.3, 0.4) is 0 Å². The lowest BCUT2D eigenvalue weighted by Gasteiger charge is -2.14. The van der Waals surface area contributed by atoms with E-state index in [0.29, 0.717) is 17.2 Å². The van der Waals surface area contributed by atoms with Crippen molar-refractivity contribution in [3.8, 4) is 5.95 Å². The van der Waals surface area contributed by atoms with E-state index in [1.807, 2.05) is 26.8 Å². The van der Waals surface area contributed by atoms with Gasteiger partial charge in [0.05, 0.1) is 25.3 Å². The number of hydrogen-bond donors (Lipinski definition) is 2. The van der Waals surface area contributed by atoms with Crippen molar-refractivity contribution < 1.29 is 19.4 Å². The highest BCUT2D eigenvalue weighted by atomic mass is 16.5. The van der Waals surface area contributed by atoms with Crippen molar-refractivity contribution in [2.75, 3.05) is 13.2 Å². The number of carbonyl (C=O) groups excluding carboxylic acids is 1. The van der Waals surface area contributed by atoms with Gasteiger partial charge < -0.3 is 15.2 Å². The molecule has 9 nitrogen and oxygen atoms in total. The topological polar surface area (TPSA) is 119 Å². The molecule has 0 bridgehead atoms. The number of carboxylic acid groups (broad SMARTS) is 1. The lowest BCUT2D eigenvalue weighted by atomic mass is 10.1. The Morgan fingerprint density at radius 1 is 1.29 bits per heavy atom. The number of nitrogens with one attached hydrogen (secondary N) is 1. The molecule has 9 heteroatoms. The van der Waals surface area contributed by atoms with Gasteiger partial charge in [-0.1, -0.05) is 6.08 Å². The van der Waals surface area contributed by atoms with E-state index in [1.54, 1.807) is 11.6 Å². The minimum Gasteiger partial charge on any atom is -0.480 e. The third kappa shape index (κ3) is 5.23. The number of hydrogen-bond acceptors (Lipinski definition) is 6. The molecular weight excluding hydrogens is 362 g/mol. The average Bonchev–Trinajstić information content (AvgIpc) is 2.88. The molecule has 1 unspecified atom stereocenters. The first-order chi connectivity index (χ1) is 13.2. The van der Waals surface area contributed by atoms with Crippen molar-refractivity contribution >= 4 is 11.9 Å². The maximum Gasteiger partial charge on any atom is 0.328 e. The molecular formula is C19H25N5O4. The van der Waals surface area contributed by atoms with Crippen molar-refractivity contribution in [2.24, 2.45) is 0 Å². The molecule has 2 N–H and O–H groups in total. The maximum atomic E-state index is 12.4. The second-order valence-corrected chi connectivity index (χ2v) is 6.47. The summed E-state index contributed by atoms with van der Waals surface area (Å²) in [6.45, 7) is 10.9. The molecule has 0 spiro atoms. The van der Waals surface area contributed by atoms with Crippen molar-refractivity contribution in [3.63, 3.8) is 0 Å². The number of nitrogens with zero attached hydrogens (tertiary/aromatic N) is 4. The molecule has 2 aromatic heterocycles. The average molecular weight is 387 g/mol. The highest BCUT2D eigenvalue weighted by Gasteiger charge is 2.23. The van der Waals surface area contributed by atoms with Crippen molar-refractivity contribution in [1.82, 2.24) is 25.1 Å². The van der Waals surface area contributed by atoms with Crippen LogP contribution in [0, 0.1) is 27.7 Å². The molecule has 2 heterocycles. The molecule has 0 aromatic carbocycles. The Balaban J connectivity index is 2.17. The first-order valence-corrected chi connectivity index (χ1v) is 8.81. The van der Waals surface area contributed by atoms with E-state index in [-0.39, 0.29) is 19.6 Å². The smallest absolute Gasteiger partial charge is 0.328 e. The molecule has 0 fully saturated rings. The van der Waals surface area contributed by atoms with E-state index >= 15 is 0 Å². The zero-order chi connectivity index (χ0) is 20.8. The van der Waals surface area contributed by atoms with Crippen LogP contribution >= 0.6 is 0 Å². The largest absolute Gasteiger partial charge is 0.480 e. The zero-order valence-corrected chi connectivity index (χ0v) is 16.5. The minimum absolute atomic E-state index is 0.00625. The molecule has 2 aromatic rings. The predicted octanol–water partition coefficient (Wildman–Crippen LogP) is 1.21. The van der Waals surface area contributed by atoms with E-state index in [0.717, 1.165) is 17.1 Å². The molecule has 28 heavy (non-hydrogen) atoms. The van der Waals surface area contributed by atoms with E-state index < -0.39 is 17.9 Å². The number of aliphatic carboxylic acids is 1. The Morgan fingerprint density at radius 2 is 1.93 bits per heavy atom. The summed E-state index contributed by atoms with van der Waals surface area (Å²) in [5, 5.41) is 16.2. The third-order valence-corrected chi connectivity index (χ3v) is 4.09. The van der Waals surface area contributed by atoms with Crippen molar-refractivity contribution in [3.05, 3.63) is 47.1 Å². The summed E-state index contributed by atoms with van der Waals surface area (Å²) in [5.74, 6) is -1.15. The summed E-state index contributed by atoms with van der Waals surface area (Å²) in [6, 6.07) is 0.732. The Bertz CT molecular complexity index is 870. The van der Waals surface area contributed by atoms with Gasteiger partial charge in [0.2, 0.25) is 5.91 Å². The minimum atomic E-state index is -1.16. The lowest BCUT2D eigenvalue weighted by Crippen LogP contribution is -2.44. The second kappa shape index (κ2) is 9.23. The van der Waals surface area contributed by atoms with Gasteiger partial charge in [-0.15, -0.1) is 6.58 Å². The maximum absolute atomic E-state index is 12.4.